The van der Waals surface area contributed by atoms with E-state index in [0.717, 1.165) is 22.2 Å². The number of aromatic carboxylic acids is 1. The second-order valence-electron chi connectivity index (χ2n) is 6.78. The third kappa shape index (κ3) is 2.97. The normalized spacial score (nSPS) is 11.4. The van der Waals surface area contributed by atoms with Gasteiger partial charge >= 0.3 is 5.97 Å². The summed E-state index contributed by atoms with van der Waals surface area (Å²) in [7, 11) is 1.96. The fourth-order valence-electron chi connectivity index (χ4n) is 2.95. The molecule has 0 bridgehead atoms. The monoisotopic (exact) mass is 361 g/mol. The number of aromatic nitrogens is 4. The Bertz CT molecular complexity index is 1170. The SMILES string of the molecule is CC(C)N(C)c1nc2cc(C(=O)O)ccc2nc1-c1ccc2[nH]ncc2c1. The predicted molar refractivity (Wildman–Crippen MR) is 105 cm³/mol. The van der Waals surface area contributed by atoms with Gasteiger partial charge in [0.05, 0.1) is 28.3 Å². The van der Waals surface area contributed by atoms with Crippen molar-refractivity contribution in [1.29, 1.82) is 0 Å². The number of carbonyl (C=O) groups is 1. The van der Waals surface area contributed by atoms with Crippen molar-refractivity contribution in [2.75, 3.05) is 11.9 Å². The van der Waals surface area contributed by atoms with Gasteiger partial charge < -0.3 is 10.0 Å². The summed E-state index contributed by atoms with van der Waals surface area (Å²) in [6, 6.07) is 11.0. The molecule has 4 aromatic rings. The topological polar surface area (TPSA) is 95.0 Å². The lowest BCUT2D eigenvalue weighted by molar-refractivity contribution is 0.0697. The molecule has 136 valence electrons. The maximum Gasteiger partial charge on any atom is 0.335 e. The number of fused-ring (bicyclic) bond motifs is 2. The molecule has 0 radical (unpaired) electrons. The molecule has 27 heavy (non-hydrogen) atoms. The highest BCUT2D eigenvalue weighted by Crippen LogP contribution is 2.32. The van der Waals surface area contributed by atoms with Crippen LogP contribution in [0.3, 0.4) is 0 Å². The van der Waals surface area contributed by atoms with Gasteiger partial charge in [-0.1, -0.05) is 6.07 Å². The molecule has 0 amide bonds. The summed E-state index contributed by atoms with van der Waals surface area (Å²) < 4.78 is 0. The number of nitrogens with zero attached hydrogens (tertiary/aromatic N) is 4. The molecule has 2 N–H and O–H groups in total. The molecule has 0 aliphatic rings. The molecule has 4 rings (SSSR count). The molecule has 7 heteroatoms. The van der Waals surface area contributed by atoms with Gasteiger partial charge in [0.15, 0.2) is 5.82 Å². The fourth-order valence-corrected chi connectivity index (χ4v) is 2.95. The van der Waals surface area contributed by atoms with Crippen molar-refractivity contribution < 1.29 is 9.90 Å². The van der Waals surface area contributed by atoms with E-state index in [2.05, 4.69) is 24.0 Å². The first kappa shape index (κ1) is 17.0. The first-order valence-electron chi connectivity index (χ1n) is 8.65. The third-order valence-corrected chi connectivity index (χ3v) is 4.72. The fraction of sp³-hybridized carbons (Fsp3) is 0.200. The average Bonchev–Trinajstić information content (AvgIpc) is 3.13. The number of benzene rings is 2. The van der Waals surface area contributed by atoms with Crippen molar-refractivity contribution in [3.63, 3.8) is 0 Å². The number of hydrogen-bond acceptors (Lipinski definition) is 5. The van der Waals surface area contributed by atoms with E-state index in [0.29, 0.717) is 16.9 Å². The summed E-state index contributed by atoms with van der Waals surface area (Å²) in [6.07, 6.45) is 1.78. The Morgan fingerprint density at radius 2 is 1.93 bits per heavy atom. The van der Waals surface area contributed by atoms with Gasteiger partial charge in [-0.3, -0.25) is 5.10 Å². The zero-order valence-corrected chi connectivity index (χ0v) is 15.3. The smallest absolute Gasteiger partial charge is 0.335 e. The van der Waals surface area contributed by atoms with Gasteiger partial charge in [-0.05, 0) is 44.2 Å². The van der Waals surface area contributed by atoms with Crippen molar-refractivity contribution >= 4 is 33.7 Å². The van der Waals surface area contributed by atoms with Crippen molar-refractivity contribution in [3.05, 3.63) is 48.2 Å². The number of H-pyrrole nitrogens is 1. The van der Waals surface area contributed by atoms with Gasteiger partial charge in [0, 0.05) is 24.0 Å². The minimum Gasteiger partial charge on any atom is -0.478 e. The number of aromatic amines is 1. The molecule has 0 aliphatic heterocycles. The minimum absolute atomic E-state index is 0.197. The van der Waals surface area contributed by atoms with Crippen LogP contribution in [0.1, 0.15) is 24.2 Å². The molecule has 0 saturated carbocycles. The van der Waals surface area contributed by atoms with Crippen LogP contribution < -0.4 is 4.90 Å². The Labute approximate surface area is 155 Å². The van der Waals surface area contributed by atoms with Crippen LogP contribution in [0.15, 0.2) is 42.6 Å². The zero-order chi connectivity index (χ0) is 19.1. The maximum atomic E-state index is 11.3. The largest absolute Gasteiger partial charge is 0.478 e. The molecule has 0 saturated heterocycles. The predicted octanol–water partition coefficient (Wildman–Crippen LogP) is 3.72. The maximum absolute atomic E-state index is 11.3. The average molecular weight is 361 g/mol. The molecule has 0 aliphatic carbocycles. The van der Waals surface area contributed by atoms with Gasteiger partial charge in [-0.15, -0.1) is 0 Å². The van der Waals surface area contributed by atoms with Crippen LogP contribution in [-0.2, 0) is 0 Å². The quantitative estimate of drug-likeness (QED) is 0.575. The van der Waals surface area contributed by atoms with Gasteiger partial charge in [0.2, 0.25) is 0 Å². The summed E-state index contributed by atoms with van der Waals surface area (Å²) in [4.78, 5) is 22.9. The number of carboxylic acid groups (broad SMARTS) is 1. The van der Waals surface area contributed by atoms with Crippen LogP contribution in [0, 0.1) is 0 Å². The van der Waals surface area contributed by atoms with Crippen LogP contribution in [-0.4, -0.2) is 44.3 Å². The molecule has 7 nitrogen and oxygen atoms in total. The highest BCUT2D eigenvalue weighted by Gasteiger charge is 2.18. The van der Waals surface area contributed by atoms with E-state index in [4.69, 9.17) is 9.97 Å². The number of hydrogen-bond donors (Lipinski definition) is 2. The summed E-state index contributed by atoms with van der Waals surface area (Å²) in [5.41, 5.74) is 4.06. The Morgan fingerprint density at radius 1 is 1.11 bits per heavy atom. The number of nitrogens with one attached hydrogen (secondary N) is 1. The van der Waals surface area contributed by atoms with Crippen LogP contribution >= 0.6 is 0 Å². The van der Waals surface area contributed by atoms with E-state index >= 15 is 0 Å². The van der Waals surface area contributed by atoms with Crippen LogP contribution in [0.4, 0.5) is 5.82 Å². The molecule has 0 spiro atoms. The number of carboxylic acids is 1. The van der Waals surface area contributed by atoms with Gasteiger partial charge in [0.25, 0.3) is 0 Å². The Kier molecular flexibility index (Phi) is 3.99. The van der Waals surface area contributed by atoms with E-state index in [1.807, 2.05) is 30.1 Å². The third-order valence-electron chi connectivity index (χ3n) is 4.72. The molecule has 2 aromatic carbocycles. The first-order valence-corrected chi connectivity index (χ1v) is 8.65. The zero-order valence-electron chi connectivity index (χ0n) is 15.3. The van der Waals surface area contributed by atoms with Crippen molar-refractivity contribution in [2.24, 2.45) is 0 Å². The lowest BCUT2D eigenvalue weighted by Crippen LogP contribution is -2.27. The van der Waals surface area contributed by atoms with Crippen molar-refractivity contribution in [1.82, 2.24) is 20.2 Å². The first-order chi connectivity index (χ1) is 12.9. The molecule has 2 aromatic heterocycles. The van der Waals surface area contributed by atoms with Gasteiger partial charge in [-0.25, -0.2) is 14.8 Å². The van der Waals surface area contributed by atoms with E-state index < -0.39 is 5.97 Å². The van der Waals surface area contributed by atoms with Gasteiger partial charge in [-0.2, -0.15) is 5.10 Å². The second-order valence-corrected chi connectivity index (χ2v) is 6.78. The van der Waals surface area contributed by atoms with E-state index in [-0.39, 0.29) is 11.6 Å². The van der Waals surface area contributed by atoms with E-state index in [1.54, 1.807) is 24.4 Å². The highest BCUT2D eigenvalue weighted by atomic mass is 16.4. The molecule has 0 unspecified atom stereocenters. The van der Waals surface area contributed by atoms with E-state index in [1.165, 1.54) is 0 Å². The van der Waals surface area contributed by atoms with Crippen LogP contribution in [0.5, 0.6) is 0 Å². The Hall–Kier alpha value is -3.48. The standard InChI is InChI=1S/C20H19N5O2/c1-11(2)25(3)19-18(12-4-6-15-14(8-12)10-21-24-15)22-16-7-5-13(20(26)27)9-17(16)23-19/h4-11H,1-3H3,(H,21,24)(H,26,27). The van der Waals surface area contributed by atoms with Crippen molar-refractivity contribution in [3.8, 4) is 11.3 Å². The van der Waals surface area contributed by atoms with E-state index in [9.17, 15) is 9.90 Å². The second kappa shape index (κ2) is 6.35. The number of rotatable bonds is 4. The molecule has 0 atom stereocenters. The van der Waals surface area contributed by atoms with Crippen molar-refractivity contribution in [2.45, 2.75) is 19.9 Å². The lowest BCUT2D eigenvalue weighted by atomic mass is 10.1. The Morgan fingerprint density at radius 3 is 2.67 bits per heavy atom. The Balaban J connectivity index is 1.97. The lowest BCUT2D eigenvalue weighted by Gasteiger charge is -2.25. The van der Waals surface area contributed by atoms with Crippen LogP contribution in [0.25, 0.3) is 33.2 Å². The van der Waals surface area contributed by atoms with Gasteiger partial charge in [0.1, 0.15) is 5.69 Å². The number of anilines is 1. The summed E-state index contributed by atoms with van der Waals surface area (Å²) >= 11 is 0. The highest BCUT2D eigenvalue weighted by molar-refractivity contribution is 5.94. The summed E-state index contributed by atoms with van der Waals surface area (Å²) in [6.45, 7) is 4.14. The molecule has 2 heterocycles. The summed E-state index contributed by atoms with van der Waals surface area (Å²) in [5.74, 6) is -0.269. The van der Waals surface area contributed by atoms with Crippen LogP contribution in [0.2, 0.25) is 0 Å². The molecular weight excluding hydrogens is 342 g/mol. The molecular formula is C20H19N5O2. The minimum atomic E-state index is -0.980. The summed E-state index contributed by atoms with van der Waals surface area (Å²) in [5, 5.41) is 17.3. The molecule has 0 fully saturated rings.